The summed E-state index contributed by atoms with van der Waals surface area (Å²) in [6.07, 6.45) is 2.58. The number of H-pyrrole nitrogens is 2. The van der Waals surface area contributed by atoms with E-state index in [0.29, 0.717) is 70.3 Å². The van der Waals surface area contributed by atoms with Crippen LogP contribution < -0.4 is 60.2 Å². The van der Waals surface area contributed by atoms with Gasteiger partial charge in [0.2, 0.25) is 11.9 Å². The van der Waals surface area contributed by atoms with Crippen LogP contribution in [0.1, 0.15) is 51.9 Å². The predicted molar refractivity (Wildman–Crippen MR) is 203 cm³/mol. The second-order valence-corrected chi connectivity index (χ2v) is 12.2. The Morgan fingerprint density at radius 3 is 1.54 bits per heavy atom. The Morgan fingerprint density at radius 1 is 0.722 bits per heavy atom. The maximum atomic E-state index is 11.7. The number of aryl methyl sites for hydroxylation is 2. The minimum atomic E-state index is -0.492. The summed E-state index contributed by atoms with van der Waals surface area (Å²) in [6, 6.07) is 1.40. The molecule has 0 aliphatic rings. The number of rotatable bonds is 19. The van der Waals surface area contributed by atoms with Crippen LogP contribution in [0.5, 0.6) is 0 Å². The van der Waals surface area contributed by atoms with Gasteiger partial charge in [0, 0.05) is 61.3 Å². The molecule has 4 unspecified atom stereocenters. The van der Waals surface area contributed by atoms with Gasteiger partial charge in [-0.25, -0.2) is 24.4 Å². The zero-order chi connectivity index (χ0) is 40.9. The minimum absolute atomic E-state index is 0.0438. The standard InChI is InChI=1S/C16H29N7O4.C10H13N5O3.C6H16N2O/c1-10(17)8-27-9-12(3)21-15(25)18-5-4-6-19-16(26)23-14-20-11(2)7-13(24)22-14;1-7-5-8(16)14-9(13-7)15-10(17)12-3-2-4-18-6-11;1-5(7)3-9-4-6(2)8/h7,10,12H,4-6,8-9,17H2,1-3H3,(H2,18,21,25)(H3,19,20,22,23,24,26);5H,2-4H2,1H3,(H3,12,13,14,15,16,17);5-6H,3-4,7-8H2,1-2H3. The van der Waals surface area contributed by atoms with Gasteiger partial charge in [-0.15, -0.1) is 0 Å². The van der Waals surface area contributed by atoms with Gasteiger partial charge in [-0.3, -0.25) is 30.2 Å². The van der Waals surface area contributed by atoms with Crippen molar-refractivity contribution in [3.63, 3.8) is 0 Å². The van der Waals surface area contributed by atoms with Crippen LogP contribution in [0.25, 0.3) is 0 Å². The molecule has 0 spiro atoms. The SMILES string of the molecule is CC(N)COCC(C)N.Cc1cc(=O)[nH]c(NC(=O)NCCCNC(=O)NC(C)COCC(C)N)n1.Cc1cc(=O)[nH]c(NC(=O)NCCCOC#N)n1. The molecule has 4 atom stereocenters. The van der Waals surface area contributed by atoms with Gasteiger partial charge in [-0.05, 0) is 54.4 Å². The van der Waals surface area contributed by atoms with Crippen LogP contribution in [0.2, 0.25) is 0 Å². The zero-order valence-electron chi connectivity index (χ0n) is 31.9. The molecule has 0 radical (unpaired) electrons. The summed E-state index contributed by atoms with van der Waals surface area (Å²) in [5.41, 5.74) is 16.7. The minimum Gasteiger partial charge on any atom is -0.427 e. The summed E-state index contributed by atoms with van der Waals surface area (Å²) in [5.74, 6) is 0.168. The molecule has 54 heavy (non-hydrogen) atoms. The lowest BCUT2D eigenvalue weighted by molar-refractivity contribution is 0.108. The Morgan fingerprint density at radius 2 is 1.13 bits per heavy atom. The maximum Gasteiger partial charge on any atom is 0.321 e. The van der Waals surface area contributed by atoms with Crippen molar-refractivity contribution in [2.45, 2.75) is 78.6 Å². The number of amides is 6. The van der Waals surface area contributed by atoms with Crippen molar-refractivity contribution in [3.8, 4) is 6.26 Å². The topological polar surface area (TPSA) is 344 Å². The smallest absolute Gasteiger partial charge is 0.321 e. The number of nitriles is 1. The van der Waals surface area contributed by atoms with Gasteiger partial charge in [0.25, 0.3) is 17.4 Å². The second kappa shape index (κ2) is 29.2. The first-order chi connectivity index (χ1) is 25.5. The maximum absolute atomic E-state index is 11.7. The first-order valence-electron chi connectivity index (χ1n) is 17.2. The van der Waals surface area contributed by atoms with Crippen LogP contribution in [0.3, 0.4) is 0 Å². The fraction of sp³-hybridized carbons (Fsp3) is 0.625. The number of carbonyl (C=O) groups excluding carboxylic acids is 3. The molecule has 0 aliphatic carbocycles. The summed E-state index contributed by atoms with van der Waals surface area (Å²) < 4.78 is 14.9. The Bertz CT molecular complexity index is 1520. The largest absolute Gasteiger partial charge is 0.427 e. The predicted octanol–water partition coefficient (Wildman–Crippen LogP) is -0.574. The number of anilines is 2. The Labute approximate surface area is 314 Å². The van der Waals surface area contributed by atoms with Gasteiger partial charge in [-0.2, -0.15) is 5.26 Å². The molecule has 22 heteroatoms. The van der Waals surface area contributed by atoms with E-state index in [1.165, 1.54) is 18.4 Å². The number of aromatic amines is 2. The van der Waals surface area contributed by atoms with Gasteiger partial charge < -0.3 is 52.7 Å². The van der Waals surface area contributed by atoms with Crippen molar-refractivity contribution in [3.05, 3.63) is 44.2 Å². The third kappa shape index (κ3) is 29.3. The van der Waals surface area contributed by atoms with E-state index >= 15 is 0 Å². The van der Waals surface area contributed by atoms with Crippen LogP contribution in [0, 0.1) is 25.4 Å². The lowest BCUT2D eigenvalue weighted by Gasteiger charge is -2.15. The highest BCUT2D eigenvalue weighted by Gasteiger charge is 2.08. The van der Waals surface area contributed by atoms with Gasteiger partial charge >= 0.3 is 18.1 Å². The lowest BCUT2D eigenvalue weighted by atomic mass is 10.3. The van der Waals surface area contributed by atoms with Crippen molar-refractivity contribution < 1.29 is 28.6 Å². The normalized spacial score (nSPS) is 12.4. The molecule has 2 rings (SSSR count). The van der Waals surface area contributed by atoms with Gasteiger partial charge in [0.05, 0.1) is 32.5 Å². The quantitative estimate of drug-likeness (QED) is 0.0630. The van der Waals surface area contributed by atoms with E-state index in [1.54, 1.807) is 13.8 Å². The van der Waals surface area contributed by atoms with Gasteiger partial charge in [0.1, 0.15) is 6.61 Å². The molecule has 2 aromatic heterocycles. The molecule has 0 saturated carbocycles. The van der Waals surface area contributed by atoms with E-state index in [1.807, 2.05) is 27.7 Å². The number of hydrogen-bond acceptors (Lipinski definition) is 14. The summed E-state index contributed by atoms with van der Waals surface area (Å²) >= 11 is 0. The summed E-state index contributed by atoms with van der Waals surface area (Å²) in [5, 5.41) is 23.5. The Balaban J connectivity index is 0.000000889. The molecule has 0 aliphatic heterocycles. The number of urea groups is 3. The van der Waals surface area contributed by atoms with E-state index in [4.69, 9.17) is 31.9 Å². The number of aromatic nitrogens is 4. The highest BCUT2D eigenvalue weighted by molar-refractivity contribution is 5.87. The molecule has 2 aromatic rings. The third-order valence-corrected chi connectivity index (χ3v) is 5.79. The van der Waals surface area contributed by atoms with Crippen LogP contribution in [0.4, 0.5) is 26.3 Å². The summed E-state index contributed by atoms with van der Waals surface area (Å²) in [7, 11) is 0. The molecular formula is C32H58N14O8. The van der Waals surface area contributed by atoms with Crippen molar-refractivity contribution in [1.82, 2.24) is 41.2 Å². The van der Waals surface area contributed by atoms with Gasteiger partial charge in [-0.1, -0.05) is 0 Å². The Kier molecular flexibility index (Phi) is 26.3. The molecule has 0 fully saturated rings. The highest BCUT2D eigenvalue weighted by atomic mass is 16.5. The summed E-state index contributed by atoms with van der Waals surface area (Å²) in [6.45, 7) is 14.1. The first-order valence-corrected chi connectivity index (χ1v) is 17.2. The number of nitrogens with zero attached hydrogens (tertiary/aromatic N) is 3. The van der Waals surface area contributed by atoms with Gasteiger partial charge in [0.15, 0.2) is 0 Å². The average molecular weight is 767 g/mol. The van der Waals surface area contributed by atoms with E-state index < -0.39 is 12.1 Å². The first kappa shape index (κ1) is 48.7. The molecule has 0 aromatic carbocycles. The Hall–Kier alpha value is -5.34. The van der Waals surface area contributed by atoms with Crippen molar-refractivity contribution in [1.29, 1.82) is 5.26 Å². The number of hydrogen-bond donors (Lipinski definition) is 11. The molecule has 304 valence electrons. The van der Waals surface area contributed by atoms with E-state index in [0.717, 1.165) is 0 Å². The molecular weight excluding hydrogens is 708 g/mol. The number of carbonyl (C=O) groups is 3. The molecule has 6 amide bonds. The fourth-order valence-electron chi connectivity index (χ4n) is 3.65. The second-order valence-electron chi connectivity index (χ2n) is 12.2. The van der Waals surface area contributed by atoms with Crippen molar-refractivity contribution in [2.75, 3.05) is 63.3 Å². The average Bonchev–Trinajstić information content (AvgIpc) is 3.03. The van der Waals surface area contributed by atoms with E-state index in [2.05, 4.69) is 56.6 Å². The van der Waals surface area contributed by atoms with Crippen LogP contribution >= 0.6 is 0 Å². The van der Waals surface area contributed by atoms with E-state index in [9.17, 15) is 24.0 Å². The van der Waals surface area contributed by atoms with Crippen LogP contribution in [-0.2, 0) is 14.2 Å². The van der Waals surface area contributed by atoms with Crippen molar-refractivity contribution in [2.24, 2.45) is 17.2 Å². The highest BCUT2D eigenvalue weighted by Crippen LogP contribution is 1.96. The molecule has 22 nitrogen and oxygen atoms in total. The monoisotopic (exact) mass is 766 g/mol. The molecule has 0 saturated heterocycles. The lowest BCUT2D eigenvalue weighted by Crippen LogP contribution is -2.44. The number of nitrogens with two attached hydrogens (primary N) is 3. The summed E-state index contributed by atoms with van der Waals surface area (Å²) in [4.78, 5) is 69.9. The number of ether oxygens (including phenoxy) is 3. The fourth-order valence-corrected chi connectivity index (χ4v) is 3.65. The zero-order valence-corrected chi connectivity index (χ0v) is 31.9. The third-order valence-electron chi connectivity index (χ3n) is 5.79. The number of nitrogens with one attached hydrogen (secondary N) is 8. The van der Waals surface area contributed by atoms with E-state index in [-0.39, 0.29) is 59.8 Å². The van der Waals surface area contributed by atoms with Crippen molar-refractivity contribution >= 4 is 30.0 Å². The molecule has 0 bridgehead atoms. The van der Waals surface area contributed by atoms with Crippen LogP contribution in [0.15, 0.2) is 21.7 Å². The van der Waals surface area contributed by atoms with Crippen LogP contribution in [-0.4, -0.2) is 115 Å². The molecule has 2 heterocycles. The molecule has 14 N–H and O–H groups in total.